The lowest BCUT2D eigenvalue weighted by Crippen LogP contribution is -2.55. The number of nitrogens with one attached hydrogen (secondary N) is 3. The molecule has 0 saturated carbocycles. The van der Waals surface area contributed by atoms with E-state index in [2.05, 4.69) is 16.0 Å². The number of rotatable bonds is 8. The van der Waals surface area contributed by atoms with E-state index in [0.29, 0.717) is 38.6 Å². The number of hydrogen-bond donors (Lipinski definition) is 4. The van der Waals surface area contributed by atoms with Gasteiger partial charge in [0.2, 0.25) is 29.5 Å². The van der Waals surface area contributed by atoms with E-state index in [4.69, 9.17) is 5.73 Å². The number of hydrogen-bond acceptors (Lipinski definition) is 5. The second-order valence-corrected chi connectivity index (χ2v) is 7.72. The first-order valence-electron chi connectivity index (χ1n) is 9.65. The summed E-state index contributed by atoms with van der Waals surface area (Å²) in [6.07, 6.45) is 2.28. The number of carbonyl (C=O) groups is 5. The summed E-state index contributed by atoms with van der Waals surface area (Å²) >= 11 is 0. The van der Waals surface area contributed by atoms with Crippen molar-refractivity contribution in [2.75, 3.05) is 13.1 Å². The van der Waals surface area contributed by atoms with Crippen molar-refractivity contribution in [3.05, 3.63) is 0 Å². The minimum absolute atomic E-state index is 0.125. The molecule has 2 rings (SSSR count). The van der Waals surface area contributed by atoms with Gasteiger partial charge in [0, 0.05) is 13.0 Å². The van der Waals surface area contributed by atoms with E-state index in [-0.39, 0.29) is 24.3 Å². The van der Waals surface area contributed by atoms with Gasteiger partial charge >= 0.3 is 0 Å². The predicted octanol–water partition coefficient (Wildman–Crippen LogP) is -1.61. The Hall–Kier alpha value is -2.65. The summed E-state index contributed by atoms with van der Waals surface area (Å²) in [7, 11) is 0. The highest BCUT2D eigenvalue weighted by atomic mass is 16.2. The van der Waals surface area contributed by atoms with Crippen molar-refractivity contribution < 1.29 is 24.0 Å². The van der Waals surface area contributed by atoms with Gasteiger partial charge in [-0.25, -0.2) is 0 Å². The van der Waals surface area contributed by atoms with Crippen LogP contribution in [0.1, 0.15) is 46.0 Å². The van der Waals surface area contributed by atoms with Crippen molar-refractivity contribution in [2.45, 2.75) is 64.1 Å². The van der Waals surface area contributed by atoms with Gasteiger partial charge < -0.3 is 26.6 Å². The van der Waals surface area contributed by atoms with Gasteiger partial charge in [-0.15, -0.1) is 0 Å². The van der Waals surface area contributed by atoms with E-state index in [1.54, 1.807) is 0 Å². The van der Waals surface area contributed by atoms with E-state index >= 15 is 0 Å². The monoisotopic (exact) mass is 395 g/mol. The Morgan fingerprint density at radius 3 is 2.54 bits per heavy atom. The summed E-state index contributed by atoms with van der Waals surface area (Å²) in [4.78, 5) is 61.6. The zero-order chi connectivity index (χ0) is 20.8. The van der Waals surface area contributed by atoms with Gasteiger partial charge in [-0.05, 0) is 31.6 Å². The zero-order valence-corrected chi connectivity index (χ0v) is 16.3. The van der Waals surface area contributed by atoms with Gasteiger partial charge in [0.05, 0.1) is 6.54 Å². The number of nitrogens with two attached hydrogens (primary N) is 1. The second kappa shape index (κ2) is 9.52. The van der Waals surface area contributed by atoms with Gasteiger partial charge in [0.15, 0.2) is 0 Å². The molecule has 2 aliphatic rings. The summed E-state index contributed by atoms with van der Waals surface area (Å²) in [5.41, 5.74) is 5.05. The van der Waals surface area contributed by atoms with E-state index in [1.165, 1.54) is 4.90 Å². The number of amides is 5. The van der Waals surface area contributed by atoms with Crippen molar-refractivity contribution >= 4 is 29.5 Å². The van der Waals surface area contributed by atoms with Crippen molar-refractivity contribution in [1.82, 2.24) is 20.9 Å². The van der Waals surface area contributed by atoms with Crippen LogP contribution in [0.3, 0.4) is 0 Å². The third-order valence-electron chi connectivity index (χ3n) is 4.91. The summed E-state index contributed by atoms with van der Waals surface area (Å²) in [5, 5.41) is 7.76. The maximum atomic E-state index is 12.8. The van der Waals surface area contributed by atoms with Crippen LogP contribution < -0.4 is 21.7 Å². The molecule has 10 heteroatoms. The molecule has 0 unspecified atom stereocenters. The molecule has 2 saturated heterocycles. The van der Waals surface area contributed by atoms with Gasteiger partial charge in [0.25, 0.3) is 0 Å². The van der Waals surface area contributed by atoms with E-state index in [1.807, 2.05) is 13.8 Å². The molecule has 0 spiro atoms. The molecular weight excluding hydrogens is 366 g/mol. The number of likely N-dealkylation sites (tertiary alicyclic amines) is 1. The lowest BCUT2D eigenvalue weighted by atomic mass is 10.0. The van der Waals surface area contributed by atoms with Gasteiger partial charge in [-0.1, -0.05) is 13.8 Å². The standard InChI is InChI=1S/C18H29N5O5/c1-10(2)8-12(16(26)20-9-14(19)24)22-17(27)13-4-3-7-23(13)18(28)11-5-6-15(25)21-11/h10-13H,3-9H2,1-2H3,(H2,19,24)(H,20,26)(H,21,25)(H,22,27)/t11-,12+,13+/m1/s1. The van der Waals surface area contributed by atoms with Crippen LogP contribution in [0, 0.1) is 5.92 Å². The van der Waals surface area contributed by atoms with Crippen LogP contribution >= 0.6 is 0 Å². The molecule has 2 fully saturated rings. The number of primary amides is 1. The van der Waals surface area contributed by atoms with Crippen LogP contribution in [0.4, 0.5) is 0 Å². The number of carbonyl (C=O) groups excluding carboxylic acids is 5. The Morgan fingerprint density at radius 2 is 1.96 bits per heavy atom. The molecule has 2 aliphatic heterocycles. The van der Waals surface area contributed by atoms with Crippen LogP contribution in [0.15, 0.2) is 0 Å². The van der Waals surface area contributed by atoms with Gasteiger partial charge in [-0.2, -0.15) is 0 Å². The van der Waals surface area contributed by atoms with E-state index in [9.17, 15) is 24.0 Å². The Morgan fingerprint density at radius 1 is 1.25 bits per heavy atom. The highest BCUT2D eigenvalue weighted by molar-refractivity contribution is 5.96. The average Bonchev–Trinajstić information content (AvgIpc) is 3.27. The first-order chi connectivity index (χ1) is 13.2. The minimum atomic E-state index is -0.824. The SMILES string of the molecule is CC(C)C[C@H](NC(=O)[C@@H]1CCCN1C(=O)[C@H]1CCC(=O)N1)C(=O)NCC(N)=O. The quantitative estimate of drug-likeness (QED) is 0.390. The lowest BCUT2D eigenvalue weighted by molar-refractivity contribution is -0.141. The molecule has 0 aromatic carbocycles. The van der Waals surface area contributed by atoms with Gasteiger partial charge in [-0.3, -0.25) is 24.0 Å². The fourth-order valence-corrected chi connectivity index (χ4v) is 3.57. The molecule has 2 heterocycles. The van der Waals surface area contributed by atoms with Crippen molar-refractivity contribution in [3.63, 3.8) is 0 Å². The normalized spacial score (nSPS) is 22.7. The fourth-order valence-electron chi connectivity index (χ4n) is 3.57. The van der Waals surface area contributed by atoms with Gasteiger partial charge in [0.1, 0.15) is 18.1 Å². The maximum Gasteiger partial charge on any atom is 0.245 e. The molecule has 0 radical (unpaired) electrons. The largest absolute Gasteiger partial charge is 0.368 e. The van der Waals surface area contributed by atoms with E-state index < -0.39 is 35.8 Å². The van der Waals surface area contributed by atoms with E-state index in [0.717, 1.165) is 0 Å². The van der Waals surface area contributed by atoms with Crippen LogP contribution in [0.5, 0.6) is 0 Å². The first-order valence-corrected chi connectivity index (χ1v) is 9.65. The Labute approximate surface area is 163 Å². The fraction of sp³-hybridized carbons (Fsp3) is 0.722. The predicted molar refractivity (Wildman–Crippen MR) is 99.5 cm³/mol. The van der Waals surface area contributed by atoms with Crippen LogP contribution in [0.25, 0.3) is 0 Å². The summed E-state index contributed by atoms with van der Waals surface area (Å²) < 4.78 is 0. The third kappa shape index (κ3) is 5.67. The van der Waals surface area contributed by atoms with Crippen LogP contribution in [-0.4, -0.2) is 65.7 Å². The molecule has 0 bridgehead atoms. The second-order valence-electron chi connectivity index (χ2n) is 7.72. The zero-order valence-electron chi connectivity index (χ0n) is 16.3. The smallest absolute Gasteiger partial charge is 0.245 e. The molecular formula is C18H29N5O5. The molecule has 3 atom stereocenters. The van der Waals surface area contributed by atoms with Crippen molar-refractivity contribution in [2.24, 2.45) is 11.7 Å². The third-order valence-corrected chi connectivity index (χ3v) is 4.91. The summed E-state index contributed by atoms with van der Waals surface area (Å²) in [6, 6.07) is -2.09. The highest BCUT2D eigenvalue weighted by Crippen LogP contribution is 2.21. The van der Waals surface area contributed by atoms with Crippen molar-refractivity contribution in [1.29, 1.82) is 0 Å². The Kier molecular flexibility index (Phi) is 7.36. The summed E-state index contributed by atoms with van der Waals surface area (Å²) in [5.74, 6) is -1.87. The molecule has 156 valence electrons. The Bertz CT molecular complexity index is 650. The molecule has 5 N–H and O–H groups in total. The molecule has 0 aromatic heterocycles. The molecule has 28 heavy (non-hydrogen) atoms. The molecule has 0 aromatic rings. The minimum Gasteiger partial charge on any atom is -0.368 e. The van der Waals surface area contributed by atoms with Crippen LogP contribution in [0.2, 0.25) is 0 Å². The van der Waals surface area contributed by atoms with Crippen molar-refractivity contribution in [3.8, 4) is 0 Å². The first kappa shape index (κ1) is 21.6. The molecule has 10 nitrogen and oxygen atoms in total. The Balaban J connectivity index is 2.02. The number of nitrogens with zero attached hydrogens (tertiary/aromatic N) is 1. The van der Waals surface area contributed by atoms with Crippen LogP contribution in [-0.2, 0) is 24.0 Å². The maximum absolute atomic E-state index is 12.8. The molecule has 5 amide bonds. The molecule has 0 aliphatic carbocycles. The average molecular weight is 395 g/mol. The summed E-state index contributed by atoms with van der Waals surface area (Å²) in [6.45, 7) is 3.95. The highest BCUT2D eigenvalue weighted by Gasteiger charge is 2.40. The topological polar surface area (TPSA) is 151 Å². The lowest BCUT2D eigenvalue weighted by Gasteiger charge is -2.28.